The number of ketones is 1. The first-order valence-electron chi connectivity index (χ1n) is 12.3. The highest BCUT2D eigenvalue weighted by Gasteiger charge is 2.60. The normalized spacial score (nSPS) is 45.1. The highest BCUT2D eigenvalue weighted by Crippen LogP contribution is 2.69. The largest absolute Gasteiger partial charge is 0.504 e. The molecule has 5 aliphatic rings. The van der Waals surface area contributed by atoms with Crippen molar-refractivity contribution in [1.82, 2.24) is 0 Å². The number of hydrogen-bond acceptors (Lipinski definition) is 3. The fourth-order valence-electron chi connectivity index (χ4n) is 8.29. The first-order chi connectivity index (χ1) is 14.5. The van der Waals surface area contributed by atoms with Gasteiger partial charge in [0.1, 0.15) is 0 Å². The summed E-state index contributed by atoms with van der Waals surface area (Å²) in [6, 6.07) is -0.738. The average molecular weight is 422 g/mol. The van der Waals surface area contributed by atoms with Crippen LogP contribution >= 0.6 is 0 Å². The Morgan fingerprint density at radius 1 is 1.10 bits per heavy atom. The summed E-state index contributed by atoms with van der Waals surface area (Å²) in [5.41, 5.74) is 14.2. The molecule has 3 N–H and O–H groups in total. The Morgan fingerprint density at radius 2 is 1.81 bits per heavy atom. The molecule has 0 aromatic rings. The molecule has 168 valence electrons. The summed E-state index contributed by atoms with van der Waals surface area (Å²) in [5, 5.41) is 10.4. The van der Waals surface area contributed by atoms with Gasteiger partial charge in [-0.05, 0) is 80.8 Å². The van der Waals surface area contributed by atoms with Crippen molar-refractivity contribution in [2.45, 2.75) is 92.5 Å². The summed E-state index contributed by atoms with van der Waals surface area (Å²) < 4.78 is 0. The quantitative estimate of drug-likeness (QED) is 0.450. The molecule has 6 atom stereocenters. The van der Waals surface area contributed by atoms with Gasteiger partial charge in [-0.1, -0.05) is 56.9 Å². The van der Waals surface area contributed by atoms with Crippen molar-refractivity contribution in [2.75, 3.05) is 0 Å². The van der Waals surface area contributed by atoms with Crippen LogP contribution < -0.4 is 5.73 Å². The van der Waals surface area contributed by atoms with Crippen LogP contribution in [-0.4, -0.2) is 16.9 Å². The predicted molar refractivity (Wildman–Crippen MR) is 125 cm³/mol. The highest BCUT2D eigenvalue weighted by molar-refractivity contribution is 6.03. The van der Waals surface area contributed by atoms with Crippen molar-refractivity contribution in [3.05, 3.63) is 45.3 Å². The van der Waals surface area contributed by atoms with Crippen molar-refractivity contribution in [3.8, 4) is 0 Å². The third kappa shape index (κ3) is 2.47. The molecule has 0 spiro atoms. The van der Waals surface area contributed by atoms with Gasteiger partial charge < -0.3 is 10.8 Å². The SMILES string of the molecule is CC1=CC2=C(C(N)C(=O)C(O)=C2C)C2(C)CCC3=C(CCC4(C)CCC(C)CC34)C12C. The van der Waals surface area contributed by atoms with Crippen LogP contribution in [0.4, 0.5) is 0 Å². The molecule has 5 rings (SSSR count). The van der Waals surface area contributed by atoms with Crippen molar-refractivity contribution < 1.29 is 9.90 Å². The lowest BCUT2D eigenvalue weighted by molar-refractivity contribution is -0.119. The first kappa shape index (κ1) is 21.2. The third-order valence-corrected chi connectivity index (χ3v) is 10.7. The molecule has 0 radical (unpaired) electrons. The van der Waals surface area contributed by atoms with Gasteiger partial charge in [-0.25, -0.2) is 0 Å². The summed E-state index contributed by atoms with van der Waals surface area (Å²) in [7, 11) is 0. The number of fused-ring (bicyclic) bond motifs is 5. The molecule has 6 unspecified atom stereocenters. The molecular formula is C28H39NO2. The minimum atomic E-state index is -0.738. The van der Waals surface area contributed by atoms with Crippen molar-refractivity contribution in [1.29, 1.82) is 0 Å². The molecule has 0 amide bonds. The molecular weight excluding hydrogens is 382 g/mol. The van der Waals surface area contributed by atoms with E-state index in [0.29, 0.717) is 16.9 Å². The van der Waals surface area contributed by atoms with Crippen LogP contribution in [0.3, 0.4) is 0 Å². The van der Waals surface area contributed by atoms with E-state index in [0.717, 1.165) is 29.9 Å². The second-order valence-corrected chi connectivity index (χ2v) is 12.0. The Kier molecular flexibility index (Phi) is 4.43. The Morgan fingerprint density at radius 3 is 2.52 bits per heavy atom. The lowest BCUT2D eigenvalue weighted by Gasteiger charge is -2.62. The van der Waals surface area contributed by atoms with Crippen LogP contribution in [-0.2, 0) is 4.79 Å². The number of Topliss-reactive ketones (excluding diaryl/α,β-unsaturated/α-hetero) is 1. The topological polar surface area (TPSA) is 63.3 Å². The molecule has 3 heteroatoms. The number of carbonyl (C=O) groups is 1. The van der Waals surface area contributed by atoms with Gasteiger partial charge in [0.2, 0.25) is 5.78 Å². The van der Waals surface area contributed by atoms with Crippen LogP contribution in [0.25, 0.3) is 0 Å². The van der Waals surface area contributed by atoms with E-state index in [2.05, 4.69) is 40.7 Å². The predicted octanol–water partition coefficient (Wildman–Crippen LogP) is 6.32. The van der Waals surface area contributed by atoms with Crippen LogP contribution in [0.15, 0.2) is 45.3 Å². The molecule has 0 aliphatic heterocycles. The van der Waals surface area contributed by atoms with E-state index in [1.54, 1.807) is 11.1 Å². The molecule has 1 saturated carbocycles. The number of carbonyl (C=O) groups excluding carboxylic acids is 1. The Labute approximate surface area is 187 Å². The zero-order valence-electron chi connectivity index (χ0n) is 20.2. The molecule has 0 aromatic carbocycles. The van der Waals surface area contributed by atoms with E-state index in [-0.39, 0.29) is 22.4 Å². The van der Waals surface area contributed by atoms with Gasteiger partial charge in [-0.15, -0.1) is 0 Å². The zero-order chi connectivity index (χ0) is 22.5. The number of aliphatic hydroxyl groups is 1. The molecule has 0 saturated heterocycles. The highest BCUT2D eigenvalue weighted by atomic mass is 16.3. The van der Waals surface area contributed by atoms with Gasteiger partial charge in [-0.2, -0.15) is 0 Å². The van der Waals surface area contributed by atoms with Gasteiger partial charge in [-0.3, -0.25) is 4.79 Å². The van der Waals surface area contributed by atoms with E-state index in [9.17, 15) is 9.90 Å². The van der Waals surface area contributed by atoms with Gasteiger partial charge in [0, 0.05) is 16.4 Å². The Hall–Kier alpha value is -1.61. The van der Waals surface area contributed by atoms with Crippen molar-refractivity contribution in [3.63, 3.8) is 0 Å². The van der Waals surface area contributed by atoms with Crippen LogP contribution in [0.5, 0.6) is 0 Å². The molecule has 31 heavy (non-hydrogen) atoms. The maximum atomic E-state index is 12.8. The van der Waals surface area contributed by atoms with Crippen molar-refractivity contribution in [2.24, 2.45) is 33.8 Å². The molecule has 1 fully saturated rings. The third-order valence-electron chi connectivity index (χ3n) is 10.7. The second kappa shape index (κ2) is 6.47. The second-order valence-electron chi connectivity index (χ2n) is 12.0. The number of allylic oxidation sites excluding steroid dienone is 6. The monoisotopic (exact) mass is 421 g/mol. The Balaban J connectivity index is 1.71. The standard InChI is InChI=1S/C28H39NO2/c1-15-7-10-26(4)11-9-20-18(21(26)13-15)8-12-27(5)22-19(14-16(2)28(20,27)6)17(3)24(30)25(31)23(22)29/h14-15,21,23,30H,7-13,29H2,1-6H3. The van der Waals surface area contributed by atoms with Gasteiger partial charge in [0.15, 0.2) is 5.76 Å². The molecule has 0 heterocycles. The Bertz CT molecular complexity index is 1010. The van der Waals surface area contributed by atoms with Crippen LogP contribution in [0.2, 0.25) is 0 Å². The smallest absolute Gasteiger partial charge is 0.218 e. The number of nitrogens with two attached hydrogens (primary N) is 1. The summed E-state index contributed by atoms with van der Waals surface area (Å²) in [6.45, 7) is 13.9. The fourth-order valence-corrected chi connectivity index (χ4v) is 8.29. The van der Waals surface area contributed by atoms with E-state index >= 15 is 0 Å². The minimum Gasteiger partial charge on any atom is -0.504 e. The summed E-state index contributed by atoms with van der Waals surface area (Å²) >= 11 is 0. The lowest BCUT2D eigenvalue weighted by atomic mass is 9.42. The average Bonchev–Trinajstić information content (AvgIpc) is 2.72. The zero-order valence-corrected chi connectivity index (χ0v) is 20.2. The van der Waals surface area contributed by atoms with E-state index in [1.165, 1.54) is 37.7 Å². The van der Waals surface area contributed by atoms with Gasteiger partial charge in [0.05, 0.1) is 6.04 Å². The molecule has 0 bridgehead atoms. The molecule has 5 aliphatic carbocycles. The molecule has 3 nitrogen and oxygen atoms in total. The van der Waals surface area contributed by atoms with Crippen LogP contribution in [0, 0.1) is 28.1 Å². The summed E-state index contributed by atoms with van der Waals surface area (Å²) in [4.78, 5) is 12.8. The maximum Gasteiger partial charge on any atom is 0.218 e. The number of rotatable bonds is 0. The van der Waals surface area contributed by atoms with E-state index < -0.39 is 6.04 Å². The van der Waals surface area contributed by atoms with Crippen LogP contribution in [0.1, 0.15) is 86.5 Å². The maximum absolute atomic E-state index is 12.8. The van der Waals surface area contributed by atoms with Crippen molar-refractivity contribution >= 4 is 5.78 Å². The molecule has 0 aromatic heterocycles. The van der Waals surface area contributed by atoms with E-state index in [1.807, 2.05) is 6.92 Å². The summed E-state index contributed by atoms with van der Waals surface area (Å²) in [5.74, 6) is 1.05. The van der Waals surface area contributed by atoms with E-state index in [4.69, 9.17) is 5.73 Å². The van der Waals surface area contributed by atoms with Gasteiger partial charge in [0.25, 0.3) is 0 Å². The van der Waals surface area contributed by atoms with Gasteiger partial charge >= 0.3 is 0 Å². The summed E-state index contributed by atoms with van der Waals surface area (Å²) in [6.07, 6.45) is 10.9. The lowest BCUT2D eigenvalue weighted by Crippen LogP contribution is -2.55. The fraction of sp³-hybridized carbons (Fsp3) is 0.679. The number of hydrogen-bond donors (Lipinski definition) is 2. The first-order valence-corrected chi connectivity index (χ1v) is 12.3. The minimum absolute atomic E-state index is 0.105. The number of aliphatic hydroxyl groups excluding tert-OH is 1.